The van der Waals surface area contributed by atoms with E-state index >= 15 is 0 Å². The van der Waals surface area contributed by atoms with Gasteiger partial charge in [-0.25, -0.2) is 8.42 Å². The summed E-state index contributed by atoms with van der Waals surface area (Å²) in [6, 6.07) is 0. The fraction of sp³-hybridized carbons (Fsp3) is 0.750. The lowest BCUT2D eigenvalue weighted by atomic mass is 10.1. The second-order valence-corrected chi connectivity index (χ2v) is 8.08. The van der Waals surface area contributed by atoms with E-state index in [-0.39, 0.29) is 5.92 Å². The van der Waals surface area contributed by atoms with Crippen molar-refractivity contribution in [3.05, 3.63) is 15.9 Å². The second-order valence-electron chi connectivity index (χ2n) is 5.06. The van der Waals surface area contributed by atoms with Crippen LogP contribution in [0.1, 0.15) is 24.7 Å². The summed E-state index contributed by atoms with van der Waals surface area (Å²) in [5, 5.41) is 7.79. The van der Waals surface area contributed by atoms with Crippen molar-refractivity contribution in [2.24, 2.45) is 5.92 Å². The highest BCUT2D eigenvalue weighted by Gasteiger charge is 2.27. The Morgan fingerprint density at radius 2 is 2.26 bits per heavy atom. The third-order valence-corrected chi connectivity index (χ3v) is 6.37. The number of hydrogen-bond donors (Lipinski definition) is 1. The average Bonchev–Trinajstić information content (AvgIpc) is 2.83. The van der Waals surface area contributed by atoms with Gasteiger partial charge in [0, 0.05) is 13.1 Å². The van der Waals surface area contributed by atoms with Crippen molar-refractivity contribution < 1.29 is 8.42 Å². The number of sulfone groups is 1. The molecule has 2 rings (SSSR count). The molecule has 1 N–H and O–H groups in total. The number of halogens is 1. The van der Waals surface area contributed by atoms with Crippen LogP contribution in [0, 0.1) is 12.8 Å². The first-order chi connectivity index (χ1) is 8.93. The molecule has 0 bridgehead atoms. The van der Waals surface area contributed by atoms with Gasteiger partial charge in [0.25, 0.3) is 0 Å². The molecule has 2 heterocycles. The number of nitrogens with zero attached hydrogens (tertiary/aromatic N) is 2. The maximum atomic E-state index is 11.4. The number of nitrogens with one attached hydrogen (secondary N) is 1. The van der Waals surface area contributed by atoms with Gasteiger partial charge in [0.1, 0.15) is 0 Å². The van der Waals surface area contributed by atoms with Crippen LogP contribution in [0.2, 0.25) is 0 Å². The molecule has 0 aromatic carbocycles. The standard InChI is InChI=1S/C12H20BrN3O2S/c1-3-16-11(12(13)9(2)15-16)7-14-6-10-4-5-19(17,18)8-10/h10,14H,3-8H2,1-2H3. The third kappa shape index (κ3) is 3.58. The molecule has 1 aliphatic heterocycles. The van der Waals surface area contributed by atoms with E-state index < -0.39 is 9.84 Å². The Morgan fingerprint density at radius 1 is 1.53 bits per heavy atom. The Balaban J connectivity index is 1.90. The van der Waals surface area contributed by atoms with E-state index in [0.717, 1.165) is 35.4 Å². The monoisotopic (exact) mass is 349 g/mol. The molecule has 1 atom stereocenters. The zero-order valence-electron chi connectivity index (χ0n) is 11.3. The first kappa shape index (κ1) is 15.0. The van der Waals surface area contributed by atoms with Gasteiger partial charge in [0.2, 0.25) is 0 Å². The highest BCUT2D eigenvalue weighted by atomic mass is 79.9. The molecule has 1 saturated heterocycles. The molecule has 108 valence electrons. The molecule has 1 unspecified atom stereocenters. The largest absolute Gasteiger partial charge is 0.311 e. The lowest BCUT2D eigenvalue weighted by molar-refractivity contribution is 0.502. The van der Waals surface area contributed by atoms with Crippen molar-refractivity contribution in [1.29, 1.82) is 0 Å². The number of aryl methyl sites for hydroxylation is 2. The number of hydrogen-bond acceptors (Lipinski definition) is 4. The van der Waals surface area contributed by atoms with Crippen LogP contribution in [0.3, 0.4) is 0 Å². The van der Waals surface area contributed by atoms with E-state index in [1.807, 2.05) is 11.6 Å². The molecule has 1 aliphatic rings. The maximum absolute atomic E-state index is 11.4. The Labute approximate surface area is 122 Å². The molecular formula is C12H20BrN3O2S. The summed E-state index contributed by atoms with van der Waals surface area (Å²) < 4.78 is 25.8. The fourth-order valence-electron chi connectivity index (χ4n) is 2.47. The zero-order valence-corrected chi connectivity index (χ0v) is 13.7. The van der Waals surface area contributed by atoms with E-state index in [1.54, 1.807) is 0 Å². The first-order valence-corrected chi connectivity index (χ1v) is 9.17. The molecule has 0 amide bonds. The van der Waals surface area contributed by atoms with Gasteiger partial charge in [0.15, 0.2) is 9.84 Å². The van der Waals surface area contributed by atoms with Crippen molar-refractivity contribution in [3.8, 4) is 0 Å². The summed E-state index contributed by atoms with van der Waals surface area (Å²) in [5.74, 6) is 0.922. The molecule has 0 spiro atoms. The fourth-order valence-corrected chi connectivity index (χ4v) is 4.75. The van der Waals surface area contributed by atoms with Crippen molar-refractivity contribution in [3.63, 3.8) is 0 Å². The third-order valence-electron chi connectivity index (χ3n) is 3.51. The van der Waals surface area contributed by atoms with Gasteiger partial charge >= 0.3 is 0 Å². The van der Waals surface area contributed by atoms with Gasteiger partial charge < -0.3 is 5.32 Å². The van der Waals surface area contributed by atoms with Crippen LogP contribution in [0.15, 0.2) is 4.47 Å². The van der Waals surface area contributed by atoms with Gasteiger partial charge in [-0.05, 0) is 48.7 Å². The van der Waals surface area contributed by atoms with Crippen molar-refractivity contribution in [1.82, 2.24) is 15.1 Å². The van der Waals surface area contributed by atoms with E-state index in [9.17, 15) is 8.42 Å². The SMILES string of the molecule is CCn1nc(C)c(Br)c1CNCC1CCS(=O)(=O)C1. The first-order valence-electron chi connectivity index (χ1n) is 6.56. The lowest BCUT2D eigenvalue weighted by Crippen LogP contribution is -2.24. The zero-order chi connectivity index (χ0) is 14.0. The normalized spacial score (nSPS) is 21.9. The van der Waals surface area contributed by atoms with E-state index in [1.165, 1.54) is 0 Å². The number of aromatic nitrogens is 2. The molecule has 1 aromatic rings. The molecule has 19 heavy (non-hydrogen) atoms. The van der Waals surface area contributed by atoms with Gasteiger partial charge in [-0.15, -0.1) is 0 Å². The molecule has 1 aromatic heterocycles. The molecule has 0 saturated carbocycles. The van der Waals surface area contributed by atoms with Crippen LogP contribution in [0.25, 0.3) is 0 Å². The summed E-state index contributed by atoms with van der Waals surface area (Å²) in [5.41, 5.74) is 2.11. The molecule has 1 fully saturated rings. The summed E-state index contributed by atoms with van der Waals surface area (Å²) in [7, 11) is -2.77. The van der Waals surface area contributed by atoms with Crippen molar-refractivity contribution in [2.75, 3.05) is 18.1 Å². The van der Waals surface area contributed by atoms with Crippen molar-refractivity contribution >= 4 is 25.8 Å². The van der Waals surface area contributed by atoms with Crippen LogP contribution in [0.5, 0.6) is 0 Å². The minimum Gasteiger partial charge on any atom is -0.311 e. The van der Waals surface area contributed by atoms with E-state index in [4.69, 9.17) is 0 Å². The van der Waals surface area contributed by atoms with E-state index in [2.05, 4.69) is 33.3 Å². The molecule has 7 heteroatoms. The van der Waals surface area contributed by atoms with Crippen molar-refractivity contribution in [2.45, 2.75) is 33.4 Å². The van der Waals surface area contributed by atoms with Gasteiger partial charge in [-0.3, -0.25) is 4.68 Å². The predicted octanol–water partition coefficient (Wildman–Crippen LogP) is 1.50. The smallest absolute Gasteiger partial charge is 0.150 e. The van der Waals surface area contributed by atoms with Gasteiger partial charge in [0.05, 0.1) is 27.4 Å². The van der Waals surface area contributed by atoms with Crippen LogP contribution >= 0.6 is 15.9 Å². The minimum atomic E-state index is -2.77. The van der Waals surface area contributed by atoms with Gasteiger partial charge in [-0.2, -0.15) is 5.10 Å². The topological polar surface area (TPSA) is 64.0 Å². The summed E-state index contributed by atoms with van der Waals surface area (Å²) in [6.45, 7) is 6.34. The minimum absolute atomic E-state index is 0.253. The van der Waals surface area contributed by atoms with Crippen LogP contribution in [-0.4, -0.2) is 36.2 Å². The van der Waals surface area contributed by atoms with Gasteiger partial charge in [-0.1, -0.05) is 0 Å². The van der Waals surface area contributed by atoms with Crippen LogP contribution in [0.4, 0.5) is 0 Å². The highest BCUT2D eigenvalue weighted by Crippen LogP contribution is 2.21. The van der Waals surface area contributed by atoms with Crippen LogP contribution < -0.4 is 5.32 Å². The average molecular weight is 350 g/mol. The maximum Gasteiger partial charge on any atom is 0.150 e. The Kier molecular flexibility index (Phi) is 4.68. The quantitative estimate of drug-likeness (QED) is 0.874. The summed E-state index contributed by atoms with van der Waals surface area (Å²) in [6.07, 6.45) is 0.780. The predicted molar refractivity (Wildman–Crippen MR) is 78.8 cm³/mol. The number of rotatable bonds is 5. The molecule has 5 nitrogen and oxygen atoms in total. The van der Waals surface area contributed by atoms with Crippen LogP contribution in [-0.2, 0) is 22.9 Å². The van der Waals surface area contributed by atoms with E-state index in [0.29, 0.717) is 18.1 Å². The Morgan fingerprint density at radius 3 is 2.84 bits per heavy atom. The highest BCUT2D eigenvalue weighted by molar-refractivity contribution is 9.10. The molecule has 0 aliphatic carbocycles. The summed E-state index contributed by atoms with van der Waals surface area (Å²) in [4.78, 5) is 0. The Bertz CT molecular complexity index is 554. The Hall–Kier alpha value is -0.400. The molecular weight excluding hydrogens is 330 g/mol. The summed E-state index contributed by atoms with van der Waals surface area (Å²) >= 11 is 3.55. The second kappa shape index (κ2) is 5.93. The lowest BCUT2D eigenvalue weighted by Gasteiger charge is -2.11. The molecule has 0 radical (unpaired) electrons.